The number of nitrogens with zero attached hydrogens (tertiary/aromatic N) is 1. The second-order valence-corrected chi connectivity index (χ2v) is 5.54. The Labute approximate surface area is 113 Å². The molecule has 0 unspecified atom stereocenters. The molecule has 4 N–H and O–H groups in total. The number of hydrogen-bond donors (Lipinski definition) is 3. The summed E-state index contributed by atoms with van der Waals surface area (Å²) in [6.07, 6.45) is 5.54. The third-order valence-electron chi connectivity index (χ3n) is 3.98. The summed E-state index contributed by atoms with van der Waals surface area (Å²) in [4.78, 5) is 15.2. The Morgan fingerprint density at radius 1 is 1.53 bits per heavy atom. The first kappa shape index (κ1) is 13.8. The molecule has 0 bridgehead atoms. The summed E-state index contributed by atoms with van der Waals surface area (Å²) in [6, 6.07) is 3.38. The average molecular weight is 263 g/mol. The van der Waals surface area contributed by atoms with E-state index in [4.69, 9.17) is 5.73 Å². The summed E-state index contributed by atoms with van der Waals surface area (Å²) in [5.74, 6) is 0.905. The van der Waals surface area contributed by atoms with Crippen molar-refractivity contribution in [2.45, 2.75) is 38.1 Å². The topological polar surface area (TPSA) is 88.2 Å². The average Bonchev–Trinajstić information content (AvgIpc) is 2.42. The third-order valence-corrected chi connectivity index (χ3v) is 3.98. The third kappa shape index (κ3) is 3.23. The molecule has 0 aliphatic heterocycles. The monoisotopic (exact) mass is 263 g/mol. The van der Waals surface area contributed by atoms with E-state index in [2.05, 4.69) is 17.2 Å². The molecule has 1 aliphatic rings. The van der Waals surface area contributed by atoms with Gasteiger partial charge in [0, 0.05) is 6.20 Å². The molecule has 1 amide bonds. The zero-order valence-electron chi connectivity index (χ0n) is 11.2. The first-order valence-corrected chi connectivity index (χ1v) is 6.69. The van der Waals surface area contributed by atoms with Crippen LogP contribution in [0.15, 0.2) is 18.3 Å². The molecule has 1 heterocycles. The first-order chi connectivity index (χ1) is 9.04. The molecular formula is C14H21N3O2. The van der Waals surface area contributed by atoms with Gasteiger partial charge in [-0.2, -0.15) is 0 Å². The molecule has 1 saturated carbocycles. The second-order valence-electron chi connectivity index (χ2n) is 5.54. The Kier molecular flexibility index (Phi) is 4.04. The number of nitrogens with one attached hydrogen (secondary N) is 1. The van der Waals surface area contributed by atoms with E-state index in [9.17, 15) is 9.90 Å². The summed E-state index contributed by atoms with van der Waals surface area (Å²) in [6.45, 7) is 2.33. The summed E-state index contributed by atoms with van der Waals surface area (Å²) in [7, 11) is 0. The van der Waals surface area contributed by atoms with E-state index in [1.165, 1.54) is 6.20 Å². The lowest BCUT2D eigenvalue weighted by Gasteiger charge is -2.39. The number of amides is 1. The molecule has 0 spiro atoms. The van der Waals surface area contributed by atoms with Gasteiger partial charge in [0.2, 0.25) is 5.91 Å². The van der Waals surface area contributed by atoms with Gasteiger partial charge in [0.05, 0.1) is 17.7 Å². The van der Waals surface area contributed by atoms with Gasteiger partial charge in [0.15, 0.2) is 0 Å². The Morgan fingerprint density at radius 2 is 2.21 bits per heavy atom. The van der Waals surface area contributed by atoms with E-state index in [0.29, 0.717) is 17.3 Å². The van der Waals surface area contributed by atoms with Crippen LogP contribution in [0.2, 0.25) is 0 Å². The van der Waals surface area contributed by atoms with E-state index in [1.54, 1.807) is 12.1 Å². The van der Waals surface area contributed by atoms with Crippen molar-refractivity contribution < 1.29 is 9.90 Å². The van der Waals surface area contributed by atoms with Crippen molar-refractivity contribution in [1.82, 2.24) is 4.98 Å². The van der Waals surface area contributed by atoms with Crippen LogP contribution in [-0.2, 0) is 0 Å². The summed E-state index contributed by atoms with van der Waals surface area (Å²) in [5, 5.41) is 13.0. The smallest absolute Gasteiger partial charge is 0.250 e. The van der Waals surface area contributed by atoms with Crippen molar-refractivity contribution in [3.05, 3.63) is 23.9 Å². The predicted octanol–water partition coefficient (Wildman–Crippen LogP) is 1.53. The number of aromatic nitrogens is 1. The molecule has 1 aromatic rings. The number of carbonyl (C=O) groups excluding carboxylic acids is 1. The molecule has 0 aromatic carbocycles. The normalized spacial score (nSPS) is 26.9. The fraction of sp³-hybridized carbons (Fsp3) is 0.571. The van der Waals surface area contributed by atoms with Crippen LogP contribution in [0.4, 0.5) is 5.82 Å². The molecule has 5 heteroatoms. The quantitative estimate of drug-likeness (QED) is 0.768. The maximum absolute atomic E-state index is 11.0. The number of anilines is 1. The van der Waals surface area contributed by atoms with Crippen molar-refractivity contribution in [1.29, 1.82) is 0 Å². The van der Waals surface area contributed by atoms with Gasteiger partial charge >= 0.3 is 0 Å². The van der Waals surface area contributed by atoms with E-state index >= 15 is 0 Å². The minimum Gasteiger partial charge on any atom is -0.394 e. The van der Waals surface area contributed by atoms with Crippen molar-refractivity contribution in [2.75, 3.05) is 11.9 Å². The minimum absolute atomic E-state index is 0.0962. The molecule has 0 saturated heterocycles. The van der Waals surface area contributed by atoms with Gasteiger partial charge in [-0.15, -0.1) is 0 Å². The molecular weight excluding hydrogens is 242 g/mol. The largest absolute Gasteiger partial charge is 0.394 e. The van der Waals surface area contributed by atoms with Gasteiger partial charge in [-0.05, 0) is 43.7 Å². The molecule has 1 fully saturated rings. The fourth-order valence-corrected chi connectivity index (χ4v) is 2.52. The molecule has 1 aromatic heterocycles. The summed E-state index contributed by atoms with van der Waals surface area (Å²) in [5.41, 5.74) is 5.28. The van der Waals surface area contributed by atoms with Crippen molar-refractivity contribution >= 4 is 11.7 Å². The van der Waals surface area contributed by atoms with E-state index in [0.717, 1.165) is 25.7 Å². The number of primary amides is 1. The van der Waals surface area contributed by atoms with Crippen LogP contribution in [0, 0.1) is 5.92 Å². The van der Waals surface area contributed by atoms with Gasteiger partial charge in [-0.25, -0.2) is 4.98 Å². The van der Waals surface area contributed by atoms with E-state index in [1.807, 2.05) is 0 Å². The summed E-state index contributed by atoms with van der Waals surface area (Å²) < 4.78 is 0. The first-order valence-electron chi connectivity index (χ1n) is 6.69. The molecule has 104 valence electrons. The van der Waals surface area contributed by atoms with E-state index in [-0.39, 0.29) is 12.1 Å². The number of aliphatic hydroxyl groups is 1. The number of rotatable bonds is 4. The highest BCUT2D eigenvalue weighted by molar-refractivity contribution is 5.92. The number of carbonyl (C=O) groups is 1. The Bertz CT molecular complexity index is 437. The molecule has 1 aliphatic carbocycles. The minimum atomic E-state index is -0.484. The number of aliphatic hydroxyl groups excluding tert-OH is 1. The number of nitrogens with two attached hydrogens (primary N) is 1. The van der Waals surface area contributed by atoms with Crippen LogP contribution in [0.1, 0.15) is 43.0 Å². The Hall–Kier alpha value is -1.62. The second kappa shape index (κ2) is 5.57. The van der Waals surface area contributed by atoms with Crippen molar-refractivity contribution in [3.63, 3.8) is 0 Å². The van der Waals surface area contributed by atoms with Crippen LogP contribution < -0.4 is 11.1 Å². The molecule has 19 heavy (non-hydrogen) atoms. The van der Waals surface area contributed by atoms with Crippen LogP contribution in [0.5, 0.6) is 0 Å². The lowest BCUT2D eigenvalue weighted by molar-refractivity contribution is 0.1000. The van der Waals surface area contributed by atoms with Crippen LogP contribution in [0.3, 0.4) is 0 Å². The SMILES string of the molecule is CC1CCC(CO)(Nc2ccc(C(N)=O)cn2)CC1. The van der Waals surface area contributed by atoms with Gasteiger partial charge in [-0.1, -0.05) is 6.92 Å². The maximum Gasteiger partial charge on any atom is 0.250 e. The highest BCUT2D eigenvalue weighted by atomic mass is 16.3. The van der Waals surface area contributed by atoms with Gasteiger partial charge in [0.1, 0.15) is 5.82 Å². The fourth-order valence-electron chi connectivity index (χ4n) is 2.52. The zero-order chi connectivity index (χ0) is 13.9. The molecule has 0 radical (unpaired) electrons. The number of hydrogen-bond acceptors (Lipinski definition) is 4. The number of pyridine rings is 1. The maximum atomic E-state index is 11.0. The van der Waals surface area contributed by atoms with Crippen molar-refractivity contribution in [3.8, 4) is 0 Å². The molecule has 0 atom stereocenters. The van der Waals surface area contributed by atoms with Gasteiger partial charge < -0.3 is 16.2 Å². The molecule has 2 rings (SSSR count). The van der Waals surface area contributed by atoms with Gasteiger partial charge in [0.25, 0.3) is 0 Å². The molecule has 5 nitrogen and oxygen atoms in total. The summed E-state index contributed by atoms with van der Waals surface area (Å²) >= 11 is 0. The standard InChI is InChI=1S/C14H21N3O2/c1-10-4-6-14(9-18,7-5-10)17-12-3-2-11(8-16-12)13(15)19/h2-3,8,10,18H,4-7,9H2,1H3,(H2,15,19)(H,16,17). The van der Waals surface area contributed by atoms with Crippen LogP contribution in [0.25, 0.3) is 0 Å². The highest BCUT2D eigenvalue weighted by Crippen LogP contribution is 2.33. The predicted molar refractivity (Wildman–Crippen MR) is 73.8 cm³/mol. The van der Waals surface area contributed by atoms with Gasteiger partial charge in [-0.3, -0.25) is 4.79 Å². The van der Waals surface area contributed by atoms with Crippen LogP contribution in [-0.4, -0.2) is 28.1 Å². The Morgan fingerprint density at radius 3 is 2.68 bits per heavy atom. The van der Waals surface area contributed by atoms with Crippen molar-refractivity contribution in [2.24, 2.45) is 11.7 Å². The van der Waals surface area contributed by atoms with Crippen LogP contribution >= 0.6 is 0 Å². The van der Waals surface area contributed by atoms with E-state index < -0.39 is 5.91 Å². The Balaban J connectivity index is 2.08. The lowest BCUT2D eigenvalue weighted by Crippen LogP contribution is -2.45. The lowest BCUT2D eigenvalue weighted by atomic mass is 9.77. The zero-order valence-corrected chi connectivity index (χ0v) is 11.2. The highest BCUT2D eigenvalue weighted by Gasteiger charge is 2.33.